The van der Waals surface area contributed by atoms with Crippen molar-refractivity contribution < 1.29 is 22.6 Å². The summed E-state index contributed by atoms with van der Waals surface area (Å²) in [6.07, 6.45) is 2.87. The van der Waals surface area contributed by atoms with Crippen molar-refractivity contribution in [1.82, 2.24) is 5.32 Å². The van der Waals surface area contributed by atoms with Gasteiger partial charge in [-0.3, -0.25) is 14.1 Å². The zero-order valence-electron chi connectivity index (χ0n) is 17.2. The molecule has 9 heteroatoms. The number of ketones is 1. The van der Waals surface area contributed by atoms with Gasteiger partial charge in [-0.05, 0) is 55.7 Å². The van der Waals surface area contributed by atoms with Crippen molar-refractivity contribution in [3.8, 4) is 0 Å². The highest BCUT2D eigenvalue weighted by atomic mass is 32.2. The Kier molecular flexibility index (Phi) is 9.99. The maximum atomic E-state index is 12.2. The van der Waals surface area contributed by atoms with E-state index in [1.165, 1.54) is 0 Å². The molecular weight excluding hydrogens is 418 g/mol. The second-order valence-corrected chi connectivity index (χ2v) is 8.65. The Bertz CT molecular complexity index is 974. The summed E-state index contributed by atoms with van der Waals surface area (Å²) in [4.78, 5) is 23.8. The Balaban J connectivity index is 1.61. The molecule has 0 atom stereocenters. The molecule has 31 heavy (non-hydrogen) atoms. The molecule has 8 nitrogen and oxygen atoms in total. The minimum absolute atomic E-state index is 0.0165. The standard InChI is InChI=1S/C22H27N3O5S/c26-21(11-7-17-31(28,29)30)10-5-2-6-16-23-22(27)18-12-14-20(15-13-18)25-24-19-8-3-1-4-9-19/h1,3-4,8-9,12-15H,2,5-7,10-11,16-17H2,(H,23,27)(H,28,29,30). The molecule has 0 spiro atoms. The Hall–Kier alpha value is -2.91. The molecule has 0 heterocycles. The van der Waals surface area contributed by atoms with Crippen LogP contribution in [0.3, 0.4) is 0 Å². The lowest BCUT2D eigenvalue weighted by Crippen LogP contribution is -2.24. The van der Waals surface area contributed by atoms with Crippen LogP contribution < -0.4 is 5.32 Å². The molecule has 0 aliphatic heterocycles. The van der Waals surface area contributed by atoms with Crippen LogP contribution in [-0.2, 0) is 14.9 Å². The number of nitrogens with one attached hydrogen (secondary N) is 1. The zero-order chi connectivity index (χ0) is 22.5. The first-order valence-corrected chi connectivity index (χ1v) is 11.8. The van der Waals surface area contributed by atoms with E-state index in [4.69, 9.17) is 4.55 Å². The summed E-state index contributed by atoms with van der Waals surface area (Å²) in [6.45, 7) is 0.505. The van der Waals surface area contributed by atoms with Crippen LogP contribution in [0, 0.1) is 0 Å². The van der Waals surface area contributed by atoms with E-state index in [-0.39, 0.29) is 30.3 Å². The molecule has 0 unspecified atom stereocenters. The van der Waals surface area contributed by atoms with Crippen LogP contribution in [0.5, 0.6) is 0 Å². The average molecular weight is 446 g/mol. The van der Waals surface area contributed by atoms with Crippen LogP contribution >= 0.6 is 0 Å². The van der Waals surface area contributed by atoms with Gasteiger partial charge in [-0.25, -0.2) is 0 Å². The van der Waals surface area contributed by atoms with Gasteiger partial charge < -0.3 is 5.32 Å². The normalized spacial score (nSPS) is 11.5. The van der Waals surface area contributed by atoms with Crippen molar-refractivity contribution in [3.63, 3.8) is 0 Å². The molecule has 2 aromatic carbocycles. The van der Waals surface area contributed by atoms with Crippen molar-refractivity contribution in [2.75, 3.05) is 12.3 Å². The van der Waals surface area contributed by atoms with Crippen molar-refractivity contribution in [1.29, 1.82) is 0 Å². The van der Waals surface area contributed by atoms with E-state index in [2.05, 4.69) is 15.5 Å². The number of carbonyl (C=O) groups is 2. The van der Waals surface area contributed by atoms with Crippen LogP contribution in [0.1, 0.15) is 48.9 Å². The largest absolute Gasteiger partial charge is 0.352 e. The van der Waals surface area contributed by atoms with Gasteiger partial charge in [0.25, 0.3) is 16.0 Å². The Labute approximate surface area is 182 Å². The molecule has 166 valence electrons. The first-order chi connectivity index (χ1) is 14.8. The van der Waals surface area contributed by atoms with Crippen LogP contribution in [0.15, 0.2) is 64.8 Å². The van der Waals surface area contributed by atoms with Crippen LogP contribution in [0.4, 0.5) is 11.4 Å². The van der Waals surface area contributed by atoms with Crippen LogP contribution in [0.25, 0.3) is 0 Å². The fourth-order valence-electron chi connectivity index (χ4n) is 2.79. The topological polar surface area (TPSA) is 125 Å². The summed E-state index contributed by atoms with van der Waals surface area (Å²) >= 11 is 0. The number of hydrogen-bond donors (Lipinski definition) is 2. The molecule has 0 fully saturated rings. The summed E-state index contributed by atoms with van der Waals surface area (Å²) in [6, 6.07) is 16.2. The van der Waals surface area contributed by atoms with E-state index < -0.39 is 10.1 Å². The molecule has 2 N–H and O–H groups in total. The molecule has 2 rings (SSSR count). The average Bonchev–Trinajstić information content (AvgIpc) is 2.74. The molecular formula is C22H27N3O5S. The zero-order valence-corrected chi connectivity index (χ0v) is 18.1. The Morgan fingerprint density at radius 3 is 2.06 bits per heavy atom. The lowest BCUT2D eigenvalue weighted by atomic mass is 10.1. The van der Waals surface area contributed by atoms with Gasteiger partial charge in [-0.2, -0.15) is 18.6 Å². The van der Waals surface area contributed by atoms with Gasteiger partial charge in [0.05, 0.1) is 17.1 Å². The third kappa shape index (κ3) is 10.6. The summed E-state index contributed by atoms with van der Waals surface area (Å²) in [5.41, 5.74) is 1.94. The van der Waals surface area contributed by atoms with Gasteiger partial charge in [0, 0.05) is 24.9 Å². The molecule has 0 aromatic heterocycles. The third-order valence-electron chi connectivity index (χ3n) is 4.44. The number of azo groups is 1. The molecule has 0 bridgehead atoms. The summed E-state index contributed by atoms with van der Waals surface area (Å²) in [7, 11) is -4.00. The van der Waals surface area contributed by atoms with Gasteiger partial charge in [-0.1, -0.05) is 24.6 Å². The maximum absolute atomic E-state index is 12.2. The first kappa shape index (κ1) is 24.4. The van der Waals surface area contributed by atoms with Crippen molar-refractivity contribution >= 4 is 33.2 Å². The van der Waals surface area contributed by atoms with Crippen LogP contribution in [-0.4, -0.2) is 37.0 Å². The molecule has 0 aliphatic rings. The highest BCUT2D eigenvalue weighted by Crippen LogP contribution is 2.18. The third-order valence-corrected chi connectivity index (χ3v) is 5.25. The first-order valence-electron chi connectivity index (χ1n) is 10.2. The van der Waals surface area contributed by atoms with Gasteiger partial charge >= 0.3 is 0 Å². The lowest BCUT2D eigenvalue weighted by Gasteiger charge is -2.05. The lowest BCUT2D eigenvalue weighted by molar-refractivity contribution is -0.119. The summed E-state index contributed by atoms with van der Waals surface area (Å²) in [5, 5.41) is 11.1. The fraction of sp³-hybridized carbons (Fsp3) is 0.364. The molecule has 0 saturated carbocycles. The van der Waals surface area contributed by atoms with Crippen molar-refractivity contribution in [2.24, 2.45) is 10.2 Å². The molecule has 1 amide bonds. The van der Waals surface area contributed by atoms with E-state index >= 15 is 0 Å². The molecule has 0 saturated heterocycles. The fourth-order valence-corrected chi connectivity index (χ4v) is 3.30. The second-order valence-electron chi connectivity index (χ2n) is 7.08. The minimum atomic E-state index is -4.00. The summed E-state index contributed by atoms with van der Waals surface area (Å²) < 4.78 is 29.8. The molecule has 0 aliphatic carbocycles. The van der Waals surface area contributed by atoms with E-state index in [1.807, 2.05) is 30.3 Å². The maximum Gasteiger partial charge on any atom is 0.264 e. The monoisotopic (exact) mass is 445 g/mol. The van der Waals surface area contributed by atoms with Crippen LogP contribution in [0.2, 0.25) is 0 Å². The predicted molar refractivity (Wildman–Crippen MR) is 119 cm³/mol. The van der Waals surface area contributed by atoms with Crippen molar-refractivity contribution in [3.05, 3.63) is 60.2 Å². The highest BCUT2D eigenvalue weighted by molar-refractivity contribution is 7.85. The summed E-state index contributed by atoms with van der Waals surface area (Å²) in [5.74, 6) is -0.577. The van der Waals surface area contributed by atoms with Gasteiger partial charge in [0.15, 0.2) is 0 Å². The molecule has 0 radical (unpaired) electrons. The number of hydrogen-bond acceptors (Lipinski definition) is 6. The quantitative estimate of drug-likeness (QED) is 0.264. The number of nitrogens with zero attached hydrogens (tertiary/aromatic N) is 2. The predicted octanol–water partition coefficient (Wildman–Crippen LogP) is 4.63. The minimum Gasteiger partial charge on any atom is -0.352 e. The number of carbonyl (C=O) groups excluding carboxylic acids is 2. The van der Waals surface area contributed by atoms with Gasteiger partial charge in [0.2, 0.25) is 0 Å². The van der Waals surface area contributed by atoms with Gasteiger partial charge in [-0.15, -0.1) is 0 Å². The van der Waals surface area contributed by atoms with E-state index in [1.54, 1.807) is 24.3 Å². The van der Waals surface area contributed by atoms with E-state index in [9.17, 15) is 18.0 Å². The SMILES string of the molecule is O=C(CCCCCNC(=O)c1ccc(N=Nc2ccccc2)cc1)CCCS(=O)(=O)O. The van der Waals surface area contributed by atoms with E-state index in [0.29, 0.717) is 30.6 Å². The van der Waals surface area contributed by atoms with Gasteiger partial charge in [0.1, 0.15) is 5.78 Å². The smallest absolute Gasteiger partial charge is 0.264 e. The molecule has 2 aromatic rings. The van der Waals surface area contributed by atoms with E-state index in [0.717, 1.165) is 18.5 Å². The Morgan fingerprint density at radius 1 is 0.806 bits per heavy atom. The highest BCUT2D eigenvalue weighted by Gasteiger charge is 2.08. The number of amides is 1. The number of Topliss-reactive ketones (excluding diaryl/α,β-unsaturated/α-hetero) is 1. The number of unbranched alkanes of at least 4 members (excludes halogenated alkanes) is 2. The number of benzene rings is 2. The van der Waals surface area contributed by atoms with Crippen molar-refractivity contribution in [2.45, 2.75) is 38.5 Å². The second kappa shape index (κ2) is 12.7. The number of rotatable bonds is 13. The Morgan fingerprint density at radius 2 is 1.42 bits per heavy atom.